The average Bonchev–Trinajstić information content (AvgIpc) is 2.35. The molecule has 0 heterocycles. The Morgan fingerprint density at radius 2 is 1.88 bits per heavy atom. The van der Waals surface area contributed by atoms with Gasteiger partial charge in [0.05, 0.1) is 6.07 Å². The molecule has 0 unspecified atom stereocenters. The minimum atomic E-state index is -0.389. The second-order valence-electron chi connectivity index (χ2n) is 5.01. The quantitative estimate of drug-likeness (QED) is 0.850. The van der Waals surface area contributed by atoms with Crippen molar-refractivity contribution in [1.29, 1.82) is 5.26 Å². The number of anilines is 1. The Bertz CT molecular complexity index is 411. The monoisotopic (exact) mass is 248 g/mol. The summed E-state index contributed by atoms with van der Waals surface area (Å²) in [5.41, 5.74) is 0.589. The van der Waals surface area contributed by atoms with E-state index in [9.17, 15) is 5.26 Å². The van der Waals surface area contributed by atoms with Gasteiger partial charge in [0.2, 0.25) is 0 Å². The first kappa shape index (κ1) is 12.3. The van der Waals surface area contributed by atoms with Gasteiger partial charge in [0.25, 0.3) is 0 Å². The summed E-state index contributed by atoms with van der Waals surface area (Å²) in [6, 6.07) is 10.0. The molecule has 1 aromatic carbocycles. The van der Waals surface area contributed by atoms with Crippen molar-refractivity contribution >= 4 is 17.3 Å². The van der Waals surface area contributed by atoms with Gasteiger partial charge in [0, 0.05) is 10.7 Å². The van der Waals surface area contributed by atoms with Crippen LogP contribution in [0.25, 0.3) is 0 Å². The van der Waals surface area contributed by atoms with Crippen LogP contribution in [0.5, 0.6) is 0 Å². The van der Waals surface area contributed by atoms with Crippen LogP contribution in [0.2, 0.25) is 5.02 Å². The normalized spacial score (nSPS) is 28.4. The molecular weight excluding hydrogens is 232 g/mol. The van der Waals surface area contributed by atoms with Crippen LogP contribution in [-0.2, 0) is 0 Å². The van der Waals surface area contributed by atoms with E-state index in [0.717, 1.165) is 42.3 Å². The lowest BCUT2D eigenvalue weighted by atomic mass is 9.78. The van der Waals surface area contributed by atoms with Crippen LogP contribution < -0.4 is 5.32 Å². The molecule has 1 fully saturated rings. The summed E-state index contributed by atoms with van der Waals surface area (Å²) in [5.74, 6) is 0.739. The van der Waals surface area contributed by atoms with Crippen molar-refractivity contribution in [2.45, 2.75) is 38.1 Å². The molecule has 1 aliphatic carbocycles. The van der Waals surface area contributed by atoms with E-state index in [1.165, 1.54) is 0 Å². The van der Waals surface area contributed by atoms with Crippen LogP contribution in [0.3, 0.4) is 0 Å². The number of hydrogen-bond acceptors (Lipinski definition) is 2. The molecule has 0 aromatic heterocycles. The first-order valence-corrected chi connectivity index (χ1v) is 6.46. The third-order valence-electron chi connectivity index (χ3n) is 3.57. The van der Waals surface area contributed by atoms with Gasteiger partial charge in [-0.2, -0.15) is 5.26 Å². The van der Waals surface area contributed by atoms with Gasteiger partial charge < -0.3 is 5.32 Å². The molecule has 0 amide bonds. The summed E-state index contributed by atoms with van der Waals surface area (Å²) >= 11 is 5.85. The van der Waals surface area contributed by atoms with Crippen molar-refractivity contribution in [2.24, 2.45) is 5.92 Å². The maximum absolute atomic E-state index is 9.41. The predicted octanol–water partition coefficient (Wildman–Crippen LogP) is 4.22. The molecule has 0 spiro atoms. The molecule has 1 aromatic rings. The number of nitrogens with one attached hydrogen (secondary N) is 1. The third-order valence-corrected chi connectivity index (χ3v) is 3.82. The van der Waals surface area contributed by atoms with Crippen LogP contribution in [-0.4, -0.2) is 5.54 Å². The summed E-state index contributed by atoms with van der Waals surface area (Å²) < 4.78 is 0. The third kappa shape index (κ3) is 2.92. The van der Waals surface area contributed by atoms with Crippen molar-refractivity contribution in [1.82, 2.24) is 0 Å². The minimum Gasteiger partial charge on any atom is -0.367 e. The zero-order valence-electron chi connectivity index (χ0n) is 10.0. The molecule has 1 saturated carbocycles. The number of benzene rings is 1. The zero-order chi connectivity index (χ0) is 12.3. The maximum Gasteiger partial charge on any atom is 0.125 e. The second-order valence-corrected chi connectivity index (χ2v) is 5.44. The molecule has 2 nitrogen and oxygen atoms in total. The minimum absolute atomic E-state index is 0.389. The van der Waals surface area contributed by atoms with Crippen LogP contribution >= 0.6 is 11.6 Å². The molecule has 90 valence electrons. The van der Waals surface area contributed by atoms with Gasteiger partial charge in [0.15, 0.2) is 0 Å². The largest absolute Gasteiger partial charge is 0.367 e. The number of rotatable bonds is 2. The Labute approximate surface area is 108 Å². The molecule has 1 N–H and O–H groups in total. The van der Waals surface area contributed by atoms with E-state index in [2.05, 4.69) is 18.3 Å². The molecule has 0 radical (unpaired) electrons. The first-order valence-electron chi connectivity index (χ1n) is 6.08. The van der Waals surface area contributed by atoms with Crippen LogP contribution in [0.4, 0.5) is 5.69 Å². The van der Waals surface area contributed by atoms with E-state index in [4.69, 9.17) is 11.6 Å². The van der Waals surface area contributed by atoms with Gasteiger partial charge in [-0.15, -0.1) is 0 Å². The standard InChI is InChI=1S/C14H17ClN2/c1-11-6-8-14(10-16,9-7-11)17-13-4-2-12(15)3-5-13/h2-5,11,17H,6-9H2,1H3. The van der Waals surface area contributed by atoms with Gasteiger partial charge >= 0.3 is 0 Å². The molecule has 0 bridgehead atoms. The highest BCUT2D eigenvalue weighted by molar-refractivity contribution is 6.30. The van der Waals surface area contributed by atoms with E-state index in [1.807, 2.05) is 24.3 Å². The molecule has 0 atom stereocenters. The molecule has 17 heavy (non-hydrogen) atoms. The Hall–Kier alpha value is -1.20. The number of halogens is 1. The number of hydrogen-bond donors (Lipinski definition) is 1. The van der Waals surface area contributed by atoms with Crippen LogP contribution in [0.15, 0.2) is 24.3 Å². The summed E-state index contributed by atoms with van der Waals surface area (Å²) in [6.07, 6.45) is 4.09. The fraction of sp³-hybridized carbons (Fsp3) is 0.500. The highest BCUT2D eigenvalue weighted by Gasteiger charge is 2.34. The van der Waals surface area contributed by atoms with Crippen molar-refractivity contribution in [2.75, 3.05) is 5.32 Å². The van der Waals surface area contributed by atoms with E-state index in [1.54, 1.807) is 0 Å². The van der Waals surface area contributed by atoms with E-state index >= 15 is 0 Å². The highest BCUT2D eigenvalue weighted by Crippen LogP contribution is 2.34. The van der Waals surface area contributed by atoms with Crippen molar-refractivity contribution in [3.8, 4) is 6.07 Å². The molecular formula is C14H17ClN2. The second kappa shape index (κ2) is 4.98. The number of nitrogens with zero attached hydrogens (tertiary/aromatic N) is 1. The maximum atomic E-state index is 9.41. The summed E-state index contributed by atoms with van der Waals surface area (Å²) in [4.78, 5) is 0. The molecule has 2 rings (SSSR count). The lowest BCUT2D eigenvalue weighted by Crippen LogP contribution is -2.40. The number of nitriles is 1. The van der Waals surface area contributed by atoms with E-state index in [-0.39, 0.29) is 5.54 Å². The molecule has 1 aliphatic rings. The summed E-state index contributed by atoms with van der Waals surface area (Å²) in [5, 5.41) is 13.5. The molecule has 3 heteroatoms. The van der Waals surface area contributed by atoms with Gasteiger partial charge in [0.1, 0.15) is 5.54 Å². The summed E-state index contributed by atoms with van der Waals surface area (Å²) in [7, 11) is 0. The average molecular weight is 249 g/mol. The SMILES string of the molecule is CC1CCC(C#N)(Nc2ccc(Cl)cc2)CC1. The van der Waals surface area contributed by atoms with Gasteiger partial charge in [-0.3, -0.25) is 0 Å². The molecule has 0 aliphatic heterocycles. The van der Waals surface area contributed by atoms with Gasteiger partial charge in [-0.05, 0) is 55.9 Å². The zero-order valence-corrected chi connectivity index (χ0v) is 10.8. The fourth-order valence-corrected chi connectivity index (χ4v) is 2.46. The lowest BCUT2D eigenvalue weighted by Gasteiger charge is -2.35. The first-order chi connectivity index (χ1) is 8.13. The van der Waals surface area contributed by atoms with Gasteiger partial charge in [-0.1, -0.05) is 18.5 Å². The fourth-order valence-electron chi connectivity index (χ4n) is 2.33. The summed E-state index contributed by atoms with van der Waals surface area (Å²) in [6.45, 7) is 2.25. The van der Waals surface area contributed by atoms with Crippen molar-refractivity contribution in [3.05, 3.63) is 29.3 Å². The Kier molecular flexibility index (Phi) is 3.59. The smallest absolute Gasteiger partial charge is 0.125 e. The predicted molar refractivity (Wildman–Crippen MR) is 71.1 cm³/mol. The topological polar surface area (TPSA) is 35.8 Å². The Balaban J connectivity index is 2.10. The Morgan fingerprint density at radius 3 is 2.41 bits per heavy atom. The van der Waals surface area contributed by atoms with E-state index in [0.29, 0.717) is 0 Å². The lowest BCUT2D eigenvalue weighted by molar-refractivity contribution is 0.314. The van der Waals surface area contributed by atoms with E-state index < -0.39 is 0 Å². The molecule has 0 saturated heterocycles. The van der Waals surface area contributed by atoms with Crippen LogP contribution in [0.1, 0.15) is 32.6 Å². The van der Waals surface area contributed by atoms with Crippen LogP contribution in [0, 0.1) is 17.2 Å². The van der Waals surface area contributed by atoms with Crippen molar-refractivity contribution in [3.63, 3.8) is 0 Å². The Morgan fingerprint density at radius 1 is 1.29 bits per heavy atom. The van der Waals surface area contributed by atoms with Gasteiger partial charge in [-0.25, -0.2) is 0 Å². The highest BCUT2D eigenvalue weighted by atomic mass is 35.5. The van der Waals surface area contributed by atoms with Crippen molar-refractivity contribution < 1.29 is 0 Å².